The van der Waals surface area contributed by atoms with Gasteiger partial charge in [0, 0.05) is 35.5 Å². The summed E-state index contributed by atoms with van der Waals surface area (Å²) in [6, 6.07) is 16.9. The lowest BCUT2D eigenvalue weighted by Crippen LogP contribution is -2.37. The first kappa shape index (κ1) is 25.8. The Morgan fingerprint density at radius 2 is 1.46 bits per heavy atom. The number of imide groups is 1. The molecule has 0 bridgehead atoms. The third-order valence-corrected chi connectivity index (χ3v) is 6.18. The van der Waals surface area contributed by atoms with Crippen molar-refractivity contribution in [1.82, 2.24) is 4.90 Å². The van der Waals surface area contributed by atoms with Crippen LogP contribution in [0.15, 0.2) is 66.7 Å². The Kier molecular flexibility index (Phi) is 7.83. The molecule has 1 heterocycles. The van der Waals surface area contributed by atoms with E-state index >= 15 is 0 Å². The molecule has 0 aliphatic carbocycles. The zero-order valence-corrected chi connectivity index (χ0v) is 21.3. The van der Waals surface area contributed by atoms with Gasteiger partial charge in [-0.2, -0.15) is 0 Å². The highest BCUT2D eigenvalue weighted by atomic mass is 35.5. The van der Waals surface area contributed by atoms with Crippen LogP contribution >= 0.6 is 11.6 Å². The number of ether oxygens (including phenoxy) is 3. The molecule has 1 saturated heterocycles. The fourth-order valence-corrected chi connectivity index (χ4v) is 4.16. The van der Waals surface area contributed by atoms with Crippen molar-refractivity contribution >= 4 is 40.8 Å². The highest BCUT2D eigenvalue weighted by Crippen LogP contribution is 2.31. The molecule has 3 aromatic rings. The first-order valence-corrected chi connectivity index (χ1v) is 11.8. The Morgan fingerprint density at radius 1 is 0.865 bits per heavy atom. The molecule has 1 atom stereocenters. The Morgan fingerprint density at radius 3 is 2.03 bits per heavy atom. The molecule has 10 heteroatoms. The van der Waals surface area contributed by atoms with Crippen molar-refractivity contribution in [2.24, 2.45) is 0 Å². The van der Waals surface area contributed by atoms with Gasteiger partial charge in [-0.15, -0.1) is 0 Å². The largest absolute Gasteiger partial charge is 0.497 e. The minimum Gasteiger partial charge on any atom is -0.497 e. The maximum Gasteiger partial charge on any atom is 0.332 e. The van der Waals surface area contributed by atoms with Crippen LogP contribution in [0.5, 0.6) is 17.2 Å². The molecule has 1 aliphatic rings. The Labute approximate surface area is 219 Å². The van der Waals surface area contributed by atoms with Crippen LogP contribution < -0.4 is 24.4 Å². The van der Waals surface area contributed by atoms with E-state index in [0.717, 1.165) is 10.5 Å². The highest BCUT2D eigenvalue weighted by molar-refractivity contribution is 6.30. The number of nitrogens with one attached hydrogen (secondary N) is 1. The van der Waals surface area contributed by atoms with E-state index < -0.39 is 23.9 Å². The lowest BCUT2D eigenvalue weighted by atomic mass is 10.1. The van der Waals surface area contributed by atoms with Gasteiger partial charge in [0.25, 0.3) is 5.91 Å². The van der Waals surface area contributed by atoms with Gasteiger partial charge < -0.3 is 24.4 Å². The van der Waals surface area contributed by atoms with Gasteiger partial charge in [-0.25, -0.2) is 9.69 Å². The van der Waals surface area contributed by atoms with Crippen molar-refractivity contribution in [3.63, 3.8) is 0 Å². The van der Waals surface area contributed by atoms with E-state index in [1.54, 1.807) is 73.8 Å². The monoisotopic (exact) mass is 523 g/mol. The van der Waals surface area contributed by atoms with Gasteiger partial charge in [0.2, 0.25) is 5.91 Å². The van der Waals surface area contributed by atoms with Gasteiger partial charge in [0.05, 0.1) is 33.4 Å². The molecule has 1 N–H and O–H groups in total. The predicted molar refractivity (Wildman–Crippen MR) is 139 cm³/mol. The average Bonchev–Trinajstić information content (AvgIpc) is 3.13. The minimum atomic E-state index is -1.02. The number of rotatable bonds is 9. The van der Waals surface area contributed by atoms with Gasteiger partial charge in [0.15, 0.2) is 0 Å². The first-order valence-electron chi connectivity index (χ1n) is 11.4. The SMILES string of the molecule is COc1ccc(CN2C(=O)N(c3ccc(Cl)cc3)C(=O)[C@@H]2CC(=O)Nc2cc(OC)cc(OC)c2)cc1. The molecule has 192 valence electrons. The summed E-state index contributed by atoms with van der Waals surface area (Å²) in [7, 11) is 4.57. The second kappa shape index (κ2) is 11.2. The molecule has 1 aliphatic heterocycles. The Hall–Kier alpha value is -4.24. The Bertz CT molecular complexity index is 1270. The maximum atomic E-state index is 13.5. The summed E-state index contributed by atoms with van der Waals surface area (Å²) < 4.78 is 15.7. The zero-order chi connectivity index (χ0) is 26.5. The smallest absolute Gasteiger partial charge is 0.332 e. The average molecular weight is 524 g/mol. The maximum absolute atomic E-state index is 13.5. The van der Waals surface area contributed by atoms with Crippen LogP contribution in [-0.2, 0) is 16.1 Å². The minimum absolute atomic E-state index is 0.129. The summed E-state index contributed by atoms with van der Waals surface area (Å²) in [5.41, 5.74) is 1.59. The van der Waals surface area contributed by atoms with Gasteiger partial charge in [-0.3, -0.25) is 9.59 Å². The van der Waals surface area contributed by atoms with Crippen LogP contribution in [0.3, 0.4) is 0 Å². The van der Waals surface area contributed by atoms with Crippen molar-refractivity contribution in [3.8, 4) is 17.2 Å². The van der Waals surface area contributed by atoms with E-state index in [0.29, 0.717) is 33.6 Å². The topological polar surface area (TPSA) is 97.4 Å². The molecule has 0 unspecified atom stereocenters. The molecule has 4 amide bonds. The summed E-state index contributed by atoms with van der Waals surface area (Å²) in [5.74, 6) is 0.715. The number of hydrogen-bond donors (Lipinski definition) is 1. The van der Waals surface area contributed by atoms with Crippen LogP contribution in [0.4, 0.5) is 16.2 Å². The fraction of sp³-hybridized carbons (Fsp3) is 0.222. The molecular weight excluding hydrogens is 498 g/mol. The normalized spacial score (nSPS) is 15.1. The molecule has 0 aromatic heterocycles. The molecule has 0 radical (unpaired) electrons. The number of methoxy groups -OCH3 is 3. The molecule has 3 aromatic carbocycles. The lowest BCUT2D eigenvalue weighted by molar-refractivity contribution is -0.124. The number of benzene rings is 3. The third-order valence-electron chi connectivity index (χ3n) is 5.93. The van der Waals surface area contributed by atoms with Gasteiger partial charge in [-0.1, -0.05) is 23.7 Å². The molecule has 4 rings (SSSR count). The number of halogens is 1. The molecular formula is C27H26ClN3O6. The van der Waals surface area contributed by atoms with Gasteiger partial charge in [0.1, 0.15) is 23.3 Å². The van der Waals surface area contributed by atoms with E-state index in [1.807, 2.05) is 0 Å². The summed E-state index contributed by atoms with van der Waals surface area (Å²) in [5, 5.41) is 3.25. The standard InChI is InChI=1S/C27H26ClN3O6/c1-35-21-10-4-17(5-11-21)16-30-24(26(33)31(27(30)34)20-8-6-18(28)7-9-20)15-25(32)29-19-12-22(36-2)14-23(13-19)37-3/h4-14,24H,15-16H2,1-3H3,(H,29,32)/t24-/m0/s1. The molecule has 0 saturated carbocycles. The number of nitrogens with zero attached hydrogens (tertiary/aromatic N) is 2. The van der Waals surface area contributed by atoms with Gasteiger partial charge >= 0.3 is 6.03 Å². The summed E-state index contributed by atoms with van der Waals surface area (Å²) in [6.45, 7) is 0.129. The molecule has 1 fully saturated rings. The third kappa shape index (κ3) is 5.78. The van der Waals surface area contributed by atoms with E-state index in [9.17, 15) is 14.4 Å². The van der Waals surface area contributed by atoms with Crippen molar-refractivity contribution in [3.05, 3.63) is 77.3 Å². The number of carbonyl (C=O) groups excluding carboxylic acids is 3. The zero-order valence-electron chi connectivity index (χ0n) is 20.6. The van der Waals surface area contributed by atoms with Gasteiger partial charge in [-0.05, 0) is 42.0 Å². The Balaban J connectivity index is 1.60. The number of carbonyl (C=O) groups is 3. The number of amides is 4. The van der Waals surface area contributed by atoms with Crippen molar-refractivity contribution in [2.75, 3.05) is 31.5 Å². The first-order chi connectivity index (χ1) is 17.8. The molecule has 0 spiro atoms. The second-order valence-corrected chi connectivity index (χ2v) is 8.71. The fourth-order valence-electron chi connectivity index (χ4n) is 4.04. The molecule has 9 nitrogen and oxygen atoms in total. The summed E-state index contributed by atoms with van der Waals surface area (Å²) >= 11 is 5.99. The van der Waals surface area contributed by atoms with E-state index in [1.165, 1.54) is 19.1 Å². The highest BCUT2D eigenvalue weighted by Gasteiger charge is 2.46. The van der Waals surface area contributed by atoms with E-state index in [-0.39, 0.29) is 13.0 Å². The van der Waals surface area contributed by atoms with Crippen LogP contribution in [0.25, 0.3) is 0 Å². The van der Waals surface area contributed by atoms with Crippen molar-refractivity contribution in [2.45, 2.75) is 19.0 Å². The summed E-state index contributed by atoms with van der Waals surface area (Å²) in [6.07, 6.45) is -0.246. The number of hydrogen-bond acceptors (Lipinski definition) is 6. The molecule has 37 heavy (non-hydrogen) atoms. The number of anilines is 2. The summed E-state index contributed by atoms with van der Waals surface area (Å²) in [4.78, 5) is 42.5. The van der Waals surface area contributed by atoms with Crippen molar-refractivity contribution < 1.29 is 28.6 Å². The van der Waals surface area contributed by atoms with E-state index in [4.69, 9.17) is 25.8 Å². The van der Waals surface area contributed by atoms with Crippen LogP contribution in [0.1, 0.15) is 12.0 Å². The van der Waals surface area contributed by atoms with Crippen LogP contribution in [0, 0.1) is 0 Å². The van der Waals surface area contributed by atoms with Crippen molar-refractivity contribution in [1.29, 1.82) is 0 Å². The lowest BCUT2D eigenvalue weighted by Gasteiger charge is -2.22. The quantitative estimate of drug-likeness (QED) is 0.407. The van der Waals surface area contributed by atoms with Crippen LogP contribution in [-0.4, -0.2) is 50.1 Å². The predicted octanol–water partition coefficient (Wildman–Crippen LogP) is 4.73. The van der Waals surface area contributed by atoms with Crippen LogP contribution in [0.2, 0.25) is 5.02 Å². The van der Waals surface area contributed by atoms with E-state index in [2.05, 4.69) is 5.32 Å². The number of urea groups is 1. The second-order valence-electron chi connectivity index (χ2n) is 8.28.